The molecule has 1 aromatic heterocycles. The standard InChI is InChI=1S/C11H12N2O/c1-7-12-9-4-2-3-8-10(14)5-6-13(7)11(8)9/h2-4,10,14H,5-6H2,1H3/t10-/m0/s1. The summed E-state index contributed by atoms with van der Waals surface area (Å²) >= 11 is 0. The van der Waals surface area contributed by atoms with Crippen LogP contribution in [0, 0.1) is 6.92 Å². The normalized spacial score (nSPS) is 20.3. The molecular formula is C11H12N2O. The molecule has 0 amide bonds. The number of benzene rings is 1. The van der Waals surface area contributed by atoms with Crippen molar-refractivity contribution in [1.29, 1.82) is 0 Å². The van der Waals surface area contributed by atoms with Crippen molar-refractivity contribution in [3.63, 3.8) is 0 Å². The van der Waals surface area contributed by atoms with Crippen molar-refractivity contribution in [3.05, 3.63) is 29.6 Å². The highest BCUT2D eigenvalue weighted by molar-refractivity contribution is 5.80. The molecule has 0 radical (unpaired) electrons. The fourth-order valence-electron chi connectivity index (χ4n) is 2.28. The number of aryl methyl sites for hydroxylation is 2. The van der Waals surface area contributed by atoms with Crippen LogP contribution in [0.1, 0.15) is 23.9 Å². The van der Waals surface area contributed by atoms with Crippen molar-refractivity contribution in [2.75, 3.05) is 0 Å². The van der Waals surface area contributed by atoms with Crippen molar-refractivity contribution in [3.8, 4) is 0 Å². The van der Waals surface area contributed by atoms with Gasteiger partial charge in [-0.3, -0.25) is 0 Å². The number of para-hydroxylation sites is 1. The molecule has 0 bridgehead atoms. The number of nitrogens with zero attached hydrogens (tertiary/aromatic N) is 2. The Morgan fingerprint density at radius 1 is 1.50 bits per heavy atom. The predicted octanol–water partition coefficient (Wildman–Crippen LogP) is 1.78. The van der Waals surface area contributed by atoms with Gasteiger partial charge in [0.15, 0.2) is 0 Å². The van der Waals surface area contributed by atoms with E-state index in [1.807, 2.05) is 25.1 Å². The van der Waals surface area contributed by atoms with E-state index in [1.165, 1.54) is 0 Å². The summed E-state index contributed by atoms with van der Waals surface area (Å²) in [6.07, 6.45) is 0.478. The van der Waals surface area contributed by atoms with Gasteiger partial charge in [0.25, 0.3) is 0 Å². The van der Waals surface area contributed by atoms with Crippen LogP contribution in [0.3, 0.4) is 0 Å². The molecular weight excluding hydrogens is 176 g/mol. The van der Waals surface area contributed by atoms with Crippen molar-refractivity contribution >= 4 is 11.0 Å². The van der Waals surface area contributed by atoms with Gasteiger partial charge in [-0.15, -0.1) is 0 Å². The van der Waals surface area contributed by atoms with Gasteiger partial charge in [-0.1, -0.05) is 12.1 Å². The number of aliphatic hydroxyl groups excluding tert-OH is 1. The van der Waals surface area contributed by atoms with E-state index >= 15 is 0 Å². The smallest absolute Gasteiger partial charge is 0.106 e. The molecule has 1 aliphatic rings. The maximum absolute atomic E-state index is 9.84. The lowest BCUT2D eigenvalue weighted by atomic mass is 10.0. The second-order valence-electron chi connectivity index (χ2n) is 3.83. The van der Waals surface area contributed by atoms with Crippen molar-refractivity contribution in [2.24, 2.45) is 0 Å². The lowest BCUT2D eigenvalue weighted by Gasteiger charge is -2.20. The molecule has 3 rings (SSSR count). The van der Waals surface area contributed by atoms with Crippen LogP contribution in [0.4, 0.5) is 0 Å². The minimum Gasteiger partial charge on any atom is -0.388 e. The highest BCUT2D eigenvalue weighted by atomic mass is 16.3. The second kappa shape index (κ2) is 2.58. The molecule has 1 N–H and O–H groups in total. The summed E-state index contributed by atoms with van der Waals surface area (Å²) in [5, 5.41) is 9.84. The SMILES string of the molecule is Cc1nc2cccc3c2n1CC[C@@H]3O. The maximum atomic E-state index is 9.84. The van der Waals surface area contributed by atoms with Crippen LogP contribution in [-0.2, 0) is 6.54 Å². The van der Waals surface area contributed by atoms with Gasteiger partial charge in [0.05, 0.1) is 17.1 Å². The second-order valence-corrected chi connectivity index (χ2v) is 3.83. The molecule has 1 atom stereocenters. The van der Waals surface area contributed by atoms with Gasteiger partial charge in [0.2, 0.25) is 0 Å². The summed E-state index contributed by atoms with van der Waals surface area (Å²) in [5.74, 6) is 1.04. The first kappa shape index (κ1) is 8.00. The Labute approximate surface area is 82.0 Å². The molecule has 0 saturated heterocycles. The van der Waals surface area contributed by atoms with Crippen LogP contribution in [0.25, 0.3) is 11.0 Å². The van der Waals surface area contributed by atoms with Gasteiger partial charge in [0, 0.05) is 12.1 Å². The summed E-state index contributed by atoms with van der Waals surface area (Å²) in [5.41, 5.74) is 3.14. The van der Waals surface area contributed by atoms with E-state index in [9.17, 15) is 5.11 Å². The zero-order valence-corrected chi connectivity index (χ0v) is 8.07. The number of aromatic nitrogens is 2. The van der Waals surface area contributed by atoms with Crippen LogP contribution in [0.15, 0.2) is 18.2 Å². The summed E-state index contributed by atoms with van der Waals surface area (Å²) in [6.45, 7) is 2.89. The van der Waals surface area contributed by atoms with Crippen LogP contribution < -0.4 is 0 Å². The Kier molecular flexibility index (Phi) is 1.47. The molecule has 3 nitrogen and oxygen atoms in total. The van der Waals surface area contributed by atoms with Crippen molar-refractivity contribution in [2.45, 2.75) is 26.0 Å². The maximum Gasteiger partial charge on any atom is 0.106 e. The molecule has 2 aromatic rings. The number of hydrogen-bond donors (Lipinski definition) is 1. The first-order chi connectivity index (χ1) is 6.77. The fourth-order valence-corrected chi connectivity index (χ4v) is 2.28. The first-order valence-corrected chi connectivity index (χ1v) is 4.91. The molecule has 3 heteroatoms. The number of rotatable bonds is 0. The van der Waals surface area contributed by atoms with E-state index < -0.39 is 0 Å². The quantitative estimate of drug-likeness (QED) is 0.684. The van der Waals surface area contributed by atoms with Crippen LogP contribution in [0.5, 0.6) is 0 Å². The van der Waals surface area contributed by atoms with E-state index in [0.29, 0.717) is 0 Å². The van der Waals surface area contributed by atoms with Crippen LogP contribution >= 0.6 is 0 Å². The summed E-state index contributed by atoms with van der Waals surface area (Å²) in [6, 6.07) is 5.95. The highest BCUT2D eigenvalue weighted by Crippen LogP contribution is 2.31. The Morgan fingerprint density at radius 2 is 2.36 bits per heavy atom. The molecule has 2 heterocycles. The van der Waals surface area contributed by atoms with Crippen LogP contribution in [0.2, 0.25) is 0 Å². The van der Waals surface area contributed by atoms with Gasteiger partial charge in [-0.05, 0) is 19.4 Å². The molecule has 14 heavy (non-hydrogen) atoms. The Morgan fingerprint density at radius 3 is 3.21 bits per heavy atom. The monoisotopic (exact) mass is 188 g/mol. The van der Waals surface area contributed by atoms with E-state index in [-0.39, 0.29) is 6.10 Å². The summed E-state index contributed by atoms with van der Waals surface area (Å²) < 4.78 is 2.19. The van der Waals surface area contributed by atoms with Gasteiger partial charge in [-0.25, -0.2) is 4.98 Å². The molecule has 1 aromatic carbocycles. The largest absolute Gasteiger partial charge is 0.388 e. The molecule has 0 aliphatic carbocycles. The average Bonchev–Trinajstić information content (AvgIpc) is 2.50. The third-order valence-corrected chi connectivity index (χ3v) is 2.97. The van der Waals surface area contributed by atoms with E-state index in [1.54, 1.807) is 0 Å². The Bertz CT molecular complexity index is 501. The fraction of sp³-hybridized carbons (Fsp3) is 0.364. The average molecular weight is 188 g/mol. The van der Waals surface area contributed by atoms with E-state index in [4.69, 9.17) is 0 Å². The first-order valence-electron chi connectivity index (χ1n) is 4.91. The third kappa shape index (κ3) is 0.876. The molecule has 0 unspecified atom stereocenters. The Balaban J connectivity index is 2.47. The van der Waals surface area contributed by atoms with Crippen molar-refractivity contribution < 1.29 is 5.11 Å². The summed E-state index contributed by atoms with van der Waals surface area (Å²) in [4.78, 5) is 4.47. The van der Waals surface area contributed by atoms with E-state index in [2.05, 4.69) is 9.55 Å². The number of imidazole rings is 1. The summed E-state index contributed by atoms with van der Waals surface area (Å²) in [7, 11) is 0. The number of aliphatic hydroxyl groups is 1. The molecule has 72 valence electrons. The minimum absolute atomic E-state index is 0.317. The lowest BCUT2D eigenvalue weighted by Crippen LogP contribution is -2.13. The predicted molar refractivity (Wildman–Crippen MR) is 54.0 cm³/mol. The molecule has 1 aliphatic heterocycles. The topological polar surface area (TPSA) is 38.0 Å². The molecule has 0 saturated carbocycles. The van der Waals surface area contributed by atoms with Gasteiger partial charge in [0.1, 0.15) is 5.82 Å². The third-order valence-electron chi connectivity index (χ3n) is 2.97. The van der Waals surface area contributed by atoms with Gasteiger partial charge in [-0.2, -0.15) is 0 Å². The Hall–Kier alpha value is -1.35. The minimum atomic E-state index is -0.317. The van der Waals surface area contributed by atoms with Crippen LogP contribution in [-0.4, -0.2) is 14.7 Å². The van der Waals surface area contributed by atoms with Crippen molar-refractivity contribution in [1.82, 2.24) is 9.55 Å². The zero-order chi connectivity index (χ0) is 9.71. The van der Waals surface area contributed by atoms with Gasteiger partial charge >= 0.3 is 0 Å². The molecule has 0 spiro atoms. The van der Waals surface area contributed by atoms with E-state index in [0.717, 1.165) is 35.4 Å². The van der Waals surface area contributed by atoms with Gasteiger partial charge < -0.3 is 9.67 Å². The number of hydrogen-bond acceptors (Lipinski definition) is 2. The highest BCUT2D eigenvalue weighted by Gasteiger charge is 2.21. The zero-order valence-electron chi connectivity index (χ0n) is 8.07. The lowest BCUT2D eigenvalue weighted by molar-refractivity contribution is 0.156. The molecule has 0 fully saturated rings.